The molecule has 0 bridgehead atoms. The fourth-order valence-corrected chi connectivity index (χ4v) is 4.07. The number of rotatable bonds is 5. The molecule has 0 spiro atoms. The number of nitrogen functional groups attached to an aromatic ring is 1. The molecule has 2 fully saturated rings. The number of benzene rings is 1. The molecule has 1 aliphatic heterocycles. The molecule has 1 unspecified atom stereocenters. The van der Waals surface area contributed by atoms with Crippen LogP contribution in [0.25, 0.3) is 0 Å². The molecule has 0 radical (unpaired) electrons. The van der Waals surface area contributed by atoms with E-state index in [-0.39, 0.29) is 10.6 Å². The van der Waals surface area contributed by atoms with Gasteiger partial charge in [0.1, 0.15) is 0 Å². The van der Waals surface area contributed by atoms with E-state index < -0.39 is 10.0 Å². The van der Waals surface area contributed by atoms with Gasteiger partial charge in [-0.2, -0.15) is 0 Å². The Kier molecular flexibility index (Phi) is 4.14. The Morgan fingerprint density at radius 1 is 1.33 bits per heavy atom. The second kappa shape index (κ2) is 5.76. The minimum Gasteiger partial charge on any atom is -0.397 e. The number of sulfonamides is 1. The van der Waals surface area contributed by atoms with Crippen molar-refractivity contribution in [3.05, 3.63) is 23.2 Å². The largest absolute Gasteiger partial charge is 0.397 e. The average Bonchev–Trinajstić information content (AvgIpc) is 3.19. The second-order valence-corrected chi connectivity index (χ2v) is 8.09. The Balaban J connectivity index is 1.59. The average molecular weight is 330 g/mol. The zero-order valence-electron chi connectivity index (χ0n) is 11.8. The number of nitrogens with zero attached hydrogens (tertiary/aromatic N) is 1. The van der Waals surface area contributed by atoms with Gasteiger partial charge >= 0.3 is 0 Å². The SMILES string of the molecule is Nc1cc(S(=O)(=O)NCC2CCN(C3CC3)C2)ccc1Cl. The maximum absolute atomic E-state index is 12.3. The molecule has 1 aliphatic carbocycles. The fraction of sp³-hybridized carbons (Fsp3) is 0.571. The molecule has 7 heteroatoms. The van der Waals surface area contributed by atoms with E-state index in [4.69, 9.17) is 17.3 Å². The van der Waals surface area contributed by atoms with Crippen molar-refractivity contribution in [2.75, 3.05) is 25.4 Å². The Hall–Kier alpha value is -0.820. The predicted molar refractivity (Wildman–Crippen MR) is 83.8 cm³/mol. The first-order chi connectivity index (χ1) is 9.95. The summed E-state index contributed by atoms with van der Waals surface area (Å²) in [5, 5.41) is 0.366. The van der Waals surface area contributed by atoms with Crippen molar-refractivity contribution in [1.82, 2.24) is 9.62 Å². The van der Waals surface area contributed by atoms with Crippen LogP contribution in [0, 0.1) is 5.92 Å². The van der Waals surface area contributed by atoms with Gasteiger partial charge in [0.15, 0.2) is 0 Å². The second-order valence-electron chi connectivity index (χ2n) is 5.92. The Labute approximate surface area is 130 Å². The summed E-state index contributed by atoms with van der Waals surface area (Å²) in [6, 6.07) is 5.14. The smallest absolute Gasteiger partial charge is 0.240 e. The Morgan fingerprint density at radius 2 is 2.10 bits per heavy atom. The van der Waals surface area contributed by atoms with Crippen molar-refractivity contribution in [1.29, 1.82) is 0 Å². The lowest BCUT2D eigenvalue weighted by Gasteiger charge is -2.15. The van der Waals surface area contributed by atoms with Crippen molar-refractivity contribution in [3.63, 3.8) is 0 Å². The monoisotopic (exact) mass is 329 g/mol. The lowest BCUT2D eigenvalue weighted by Crippen LogP contribution is -2.31. The van der Waals surface area contributed by atoms with Crippen LogP contribution in [-0.2, 0) is 10.0 Å². The van der Waals surface area contributed by atoms with E-state index >= 15 is 0 Å². The summed E-state index contributed by atoms with van der Waals surface area (Å²) in [6.45, 7) is 2.56. The number of nitrogens with one attached hydrogen (secondary N) is 1. The third-order valence-electron chi connectivity index (χ3n) is 4.22. The molecule has 0 amide bonds. The van der Waals surface area contributed by atoms with Crippen LogP contribution in [0.15, 0.2) is 23.1 Å². The van der Waals surface area contributed by atoms with E-state index in [1.54, 1.807) is 0 Å². The first-order valence-electron chi connectivity index (χ1n) is 7.24. The molecule has 1 aromatic rings. The molecule has 116 valence electrons. The maximum atomic E-state index is 12.3. The molecular weight excluding hydrogens is 310 g/mol. The van der Waals surface area contributed by atoms with Gasteiger partial charge in [-0.05, 0) is 49.9 Å². The summed E-state index contributed by atoms with van der Waals surface area (Å²) in [7, 11) is -3.52. The Morgan fingerprint density at radius 3 is 2.76 bits per heavy atom. The highest BCUT2D eigenvalue weighted by molar-refractivity contribution is 7.89. The number of likely N-dealkylation sites (tertiary alicyclic amines) is 1. The van der Waals surface area contributed by atoms with Crippen LogP contribution in [0.4, 0.5) is 5.69 Å². The molecule has 1 aromatic carbocycles. The van der Waals surface area contributed by atoms with E-state index in [0.717, 1.165) is 25.6 Å². The molecule has 0 aromatic heterocycles. The van der Waals surface area contributed by atoms with Gasteiger partial charge in [0, 0.05) is 19.1 Å². The van der Waals surface area contributed by atoms with Gasteiger partial charge in [0.05, 0.1) is 15.6 Å². The van der Waals surface area contributed by atoms with Crippen molar-refractivity contribution in [2.24, 2.45) is 5.92 Å². The van der Waals surface area contributed by atoms with Gasteiger partial charge in [0.2, 0.25) is 10.0 Å². The number of hydrogen-bond donors (Lipinski definition) is 2. The third kappa shape index (κ3) is 3.51. The van der Waals surface area contributed by atoms with Crippen LogP contribution in [0.3, 0.4) is 0 Å². The molecule has 3 rings (SSSR count). The minimum absolute atomic E-state index is 0.168. The number of anilines is 1. The number of halogens is 1. The summed E-state index contributed by atoms with van der Waals surface area (Å²) < 4.78 is 27.2. The predicted octanol–water partition coefficient (Wildman–Crippen LogP) is 1.68. The fourth-order valence-electron chi connectivity index (χ4n) is 2.80. The molecule has 1 saturated carbocycles. The highest BCUT2D eigenvalue weighted by atomic mass is 35.5. The first-order valence-corrected chi connectivity index (χ1v) is 9.10. The topological polar surface area (TPSA) is 75.4 Å². The van der Waals surface area contributed by atoms with Gasteiger partial charge in [-0.1, -0.05) is 11.6 Å². The highest BCUT2D eigenvalue weighted by Gasteiger charge is 2.34. The van der Waals surface area contributed by atoms with Crippen LogP contribution >= 0.6 is 11.6 Å². The normalized spacial score (nSPS) is 23.6. The molecule has 1 saturated heterocycles. The number of hydrogen-bond acceptors (Lipinski definition) is 4. The quantitative estimate of drug-likeness (QED) is 0.806. The maximum Gasteiger partial charge on any atom is 0.240 e. The lowest BCUT2D eigenvalue weighted by atomic mass is 10.1. The standard InChI is InChI=1S/C14H20ClN3O2S/c15-13-4-3-12(7-14(13)16)21(19,20)17-8-10-5-6-18(9-10)11-1-2-11/h3-4,7,10-11,17H,1-2,5-6,8-9,16H2. The van der Waals surface area contributed by atoms with Crippen LogP contribution in [0.2, 0.25) is 5.02 Å². The molecule has 5 nitrogen and oxygen atoms in total. The molecule has 2 aliphatic rings. The molecule has 3 N–H and O–H groups in total. The third-order valence-corrected chi connectivity index (χ3v) is 5.99. The van der Waals surface area contributed by atoms with E-state index in [2.05, 4.69) is 9.62 Å². The summed E-state index contributed by atoms with van der Waals surface area (Å²) in [4.78, 5) is 2.64. The first kappa shape index (κ1) is 15.1. The van der Waals surface area contributed by atoms with Gasteiger partial charge in [-0.25, -0.2) is 13.1 Å². The van der Waals surface area contributed by atoms with E-state index in [9.17, 15) is 8.42 Å². The van der Waals surface area contributed by atoms with E-state index in [1.807, 2.05) is 0 Å². The van der Waals surface area contributed by atoms with Crippen molar-refractivity contribution < 1.29 is 8.42 Å². The van der Waals surface area contributed by atoms with E-state index in [0.29, 0.717) is 17.5 Å². The zero-order chi connectivity index (χ0) is 15.0. The van der Waals surface area contributed by atoms with Crippen molar-refractivity contribution >= 4 is 27.3 Å². The lowest BCUT2D eigenvalue weighted by molar-refractivity contribution is 0.314. The summed E-state index contributed by atoms with van der Waals surface area (Å²) in [5.74, 6) is 0.394. The molecule has 1 heterocycles. The van der Waals surface area contributed by atoms with Gasteiger partial charge in [-0.15, -0.1) is 0 Å². The van der Waals surface area contributed by atoms with Gasteiger partial charge < -0.3 is 10.6 Å². The number of nitrogens with two attached hydrogens (primary N) is 1. The van der Waals surface area contributed by atoms with E-state index in [1.165, 1.54) is 31.0 Å². The molecule has 1 atom stereocenters. The molecule has 21 heavy (non-hydrogen) atoms. The summed E-state index contributed by atoms with van der Waals surface area (Å²) in [5.41, 5.74) is 5.94. The highest BCUT2D eigenvalue weighted by Crippen LogP contribution is 2.31. The minimum atomic E-state index is -3.52. The van der Waals surface area contributed by atoms with Crippen LogP contribution in [-0.4, -0.2) is 39.0 Å². The van der Waals surface area contributed by atoms with Crippen molar-refractivity contribution in [3.8, 4) is 0 Å². The van der Waals surface area contributed by atoms with Crippen LogP contribution in [0.1, 0.15) is 19.3 Å². The Bertz CT molecular complexity index is 631. The summed E-state index contributed by atoms with van der Waals surface area (Å²) in [6.07, 6.45) is 3.65. The van der Waals surface area contributed by atoms with Gasteiger partial charge in [0.25, 0.3) is 0 Å². The summed E-state index contributed by atoms with van der Waals surface area (Å²) >= 11 is 5.82. The van der Waals surface area contributed by atoms with Gasteiger partial charge in [-0.3, -0.25) is 0 Å². The van der Waals surface area contributed by atoms with Crippen molar-refractivity contribution in [2.45, 2.75) is 30.2 Å². The molecular formula is C14H20ClN3O2S. The van der Waals surface area contributed by atoms with Crippen LogP contribution in [0.5, 0.6) is 0 Å². The van der Waals surface area contributed by atoms with Crippen LogP contribution < -0.4 is 10.5 Å². The zero-order valence-corrected chi connectivity index (χ0v) is 13.3.